The van der Waals surface area contributed by atoms with E-state index in [1.54, 1.807) is 31.2 Å². The molecule has 26 heavy (non-hydrogen) atoms. The molecule has 0 bridgehead atoms. The summed E-state index contributed by atoms with van der Waals surface area (Å²) in [5.41, 5.74) is 0.879. The number of ether oxygens (including phenoxy) is 1. The van der Waals surface area contributed by atoms with Gasteiger partial charge in [-0.25, -0.2) is 4.79 Å². The summed E-state index contributed by atoms with van der Waals surface area (Å²) in [4.78, 5) is 25.1. The van der Waals surface area contributed by atoms with Crippen molar-refractivity contribution in [3.63, 3.8) is 0 Å². The molecule has 0 saturated carbocycles. The van der Waals surface area contributed by atoms with Crippen molar-refractivity contribution in [2.24, 2.45) is 5.41 Å². The Morgan fingerprint density at radius 1 is 1.15 bits per heavy atom. The molecule has 0 radical (unpaired) electrons. The average Bonchev–Trinajstić information content (AvgIpc) is 3.01. The number of carbonyl (C=O) groups is 2. The van der Waals surface area contributed by atoms with Gasteiger partial charge in [0.1, 0.15) is 11.5 Å². The zero-order chi connectivity index (χ0) is 18.7. The van der Waals surface area contributed by atoms with Gasteiger partial charge in [0.05, 0.1) is 5.41 Å². The predicted molar refractivity (Wildman–Crippen MR) is 98.6 cm³/mol. The van der Waals surface area contributed by atoms with E-state index in [1.807, 2.05) is 31.2 Å². The largest absolute Gasteiger partial charge is 0.481 e. The molecule has 3 rings (SSSR count). The topological polar surface area (TPSA) is 78.9 Å². The van der Waals surface area contributed by atoms with Crippen LogP contribution in [0.4, 0.5) is 10.5 Å². The Labute approximate surface area is 152 Å². The number of benzene rings is 2. The highest BCUT2D eigenvalue weighted by atomic mass is 16.5. The van der Waals surface area contributed by atoms with Gasteiger partial charge in [-0.1, -0.05) is 12.1 Å². The van der Waals surface area contributed by atoms with E-state index in [1.165, 1.54) is 4.90 Å². The fourth-order valence-electron chi connectivity index (χ4n) is 2.93. The van der Waals surface area contributed by atoms with Crippen molar-refractivity contribution in [3.8, 4) is 11.5 Å². The number of hydrogen-bond donors (Lipinski definition) is 2. The number of hydrogen-bond acceptors (Lipinski definition) is 3. The monoisotopic (exact) mass is 354 g/mol. The summed E-state index contributed by atoms with van der Waals surface area (Å²) in [5, 5.41) is 12.1. The zero-order valence-corrected chi connectivity index (χ0v) is 14.9. The Bertz CT molecular complexity index is 819. The molecule has 0 spiro atoms. The van der Waals surface area contributed by atoms with Gasteiger partial charge < -0.3 is 20.1 Å². The number of nitrogens with zero attached hydrogens (tertiary/aromatic N) is 1. The summed E-state index contributed by atoms with van der Waals surface area (Å²) >= 11 is 0. The van der Waals surface area contributed by atoms with Crippen molar-refractivity contribution >= 4 is 17.7 Å². The van der Waals surface area contributed by atoms with Crippen molar-refractivity contribution in [1.82, 2.24) is 4.90 Å². The predicted octanol–water partition coefficient (Wildman–Crippen LogP) is 4.12. The van der Waals surface area contributed by atoms with Gasteiger partial charge in [-0.3, -0.25) is 4.79 Å². The first-order valence-corrected chi connectivity index (χ1v) is 8.50. The smallest absolute Gasteiger partial charge is 0.321 e. The third-order valence-electron chi connectivity index (χ3n) is 4.61. The summed E-state index contributed by atoms with van der Waals surface area (Å²) in [6.07, 6.45) is 0.457. The normalized spacial score (nSPS) is 19.2. The van der Waals surface area contributed by atoms with Crippen molar-refractivity contribution in [3.05, 3.63) is 54.1 Å². The quantitative estimate of drug-likeness (QED) is 0.866. The minimum atomic E-state index is -0.872. The third-order valence-corrected chi connectivity index (χ3v) is 4.61. The van der Waals surface area contributed by atoms with Crippen molar-refractivity contribution in [2.45, 2.75) is 20.3 Å². The summed E-state index contributed by atoms with van der Waals surface area (Å²) in [5.74, 6) is 0.561. The second-order valence-electron chi connectivity index (χ2n) is 6.91. The Hall–Kier alpha value is -3.02. The Balaban J connectivity index is 1.59. The van der Waals surface area contributed by atoms with Gasteiger partial charge in [0.2, 0.25) is 0 Å². The number of carboxylic acid groups (broad SMARTS) is 1. The number of rotatable bonds is 4. The van der Waals surface area contributed by atoms with Crippen LogP contribution in [0.5, 0.6) is 11.5 Å². The van der Waals surface area contributed by atoms with E-state index in [0.717, 1.165) is 11.3 Å². The molecule has 0 aromatic heterocycles. The van der Waals surface area contributed by atoms with Gasteiger partial charge in [0.15, 0.2) is 0 Å². The van der Waals surface area contributed by atoms with E-state index in [2.05, 4.69) is 5.32 Å². The van der Waals surface area contributed by atoms with Crippen LogP contribution in [0.2, 0.25) is 0 Å². The molecule has 2 amide bonds. The summed E-state index contributed by atoms with van der Waals surface area (Å²) < 4.78 is 5.78. The van der Waals surface area contributed by atoms with E-state index in [9.17, 15) is 14.7 Å². The molecule has 1 aliphatic heterocycles. The molecule has 1 aliphatic rings. The molecule has 6 nitrogen and oxygen atoms in total. The maximum absolute atomic E-state index is 12.3. The highest BCUT2D eigenvalue weighted by Gasteiger charge is 2.42. The van der Waals surface area contributed by atoms with E-state index < -0.39 is 11.4 Å². The first-order chi connectivity index (χ1) is 12.4. The molecule has 1 atom stereocenters. The number of urea groups is 1. The van der Waals surface area contributed by atoms with E-state index >= 15 is 0 Å². The maximum Gasteiger partial charge on any atom is 0.321 e. The van der Waals surface area contributed by atoms with E-state index in [-0.39, 0.29) is 12.6 Å². The molecule has 1 saturated heterocycles. The van der Waals surface area contributed by atoms with Crippen molar-refractivity contribution < 1.29 is 19.4 Å². The van der Waals surface area contributed by atoms with E-state index in [4.69, 9.17) is 4.74 Å². The molecule has 1 heterocycles. The SMILES string of the molecule is Cc1cccc(Oc2ccc(NC(=O)N3CCC(C)(C(=O)O)C3)cc2)c1. The van der Waals surface area contributed by atoms with Crippen LogP contribution in [-0.2, 0) is 4.79 Å². The van der Waals surface area contributed by atoms with Crippen LogP contribution < -0.4 is 10.1 Å². The second-order valence-corrected chi connectivity index (χ2v) is 6.91. The first kappa shape index (κ1) is 17.8. The summed E-state index contributed by atoms with van der Waals surface area (Å²) in [6, 6.07) is 14.6. The standard InChI is InChI=1S/C20H22N2O4/c1-14-4-3-5-17(12-14)26-16-8-6-15(7-9-16)21-19(25)22-11-10-20(2,13-22)18(23)24/h3-9,12H,10-11,13H2,1-2H3,(H,21,25)(H,23,24). The lowest BCUT2D eigenvalue weighted by atomic mass is 9.90. The van der Waals surface area contributed by atoms with Gasteiger partial charge in [-0.05, 0) is 62.2 Å². The fourth-order valence-corrected chi connectivity index (χ4v) is 2.93. The molecule has 2 aromatic carbocycles. The average molecular weight is 354 g/mol. The lowest BCUT2D eigenvalue weighted by Gasteiger charge is -2.20. The third kappa shape index (κ3) is 3.96. The lowest BCUT2D eigenvalue weighted by molar-refractivity contribution is -0.146. The molecule has 1 unspecified atom stereocenters. The number of amides is 2. The van der Waals surface area contributed by atoms with Gasteiger partial charge in [-0.15, -0.1) is 0 Å². The Morgan fingerprint density at radius 2 is 1.88 bits per heavy atom. The van der Waals surface area contributed by atoms with Crippen LogP contribution in [-0.4, -0.2) is 35.1 Å². The number of nitrogens with one attached hydrogen (secondary N) is 1. The summed E-state index contributed by atoms with van der Waals surface area (Å²) in [6.45, 7) is 4.31. The Kier molecular flexibility index (Phi) is 4.84. The van der Waals surface area contributed by atoms with Gasteiger partial charge in [0, 0.05) is 18.8 Å². The van der Waals surface area contributed by atoms with Crippen LogP contribution in [0.1, 0.15) is 18.9 Å². The van der Waals surface area contributed by atoms with Crippen LogP contribution in [0.3, 0.4) is 0 Å². The van der Waals surface area contributed by atoms with Crippen molar-refractivity contribution in [2.75, 3.05) is 18.4 Å². The van der Waals surface area contributed by atoms with Gasteiger partial charge >= 0.3 is 12.0 Å². The highest BCUT2D eigenvalue weighted by molar-refractivity contribution is 5.90. The number of aryl methyl sites for hydroxylation is 1. The first-order valence-electron chi connectivity index (χ1n) is 8.50. The Morgan fingerprint density at radius 3 is 2.50 bits per heavy atom. The second kappa shape index (κ2) is 7.07. The minimum absolute atomic E-state index is 0.211. The van der Waals surface area contributed by atoms with Crippen LogP contribution >= 0.6 is 0 Å². The highest BCUT2D eigenvalue weighted by Crippen LogP contribution is 2.30. The minimum Gasteiger partial charge on any atom is -0.481 e. The number of aliphatic carboxylic acids is 1. The summed E-state index contributed by atoms with van der Waals surface area (Å²) in [7, 11) is 0. The molecule has 2 N–H and O–H groups in total. The molecule has 136 valence electrons. The zero-order valence-electron chi connectivity index (χ0n) is 14.9. The van der Waals surface area contributed by atoms with Crippen molar-refractivity contribution in [1.29, 1.82) is 0 Å². The van der Waals surface area contributed by atoms with Gasteiger partial charge in [0.25, 0.3) is 0 Å². The van der Waals surface area contributed by atoms with E-state index in [0.29, 0.717) is 24.4 Å². The fraction of sp³-hybridized carbons (Fsp3) is 0.300. The van der Waals surface area contributed by atoms with Crippen LogP contribution in [0.15, 0.2) is 48.5 Å². The number of likely N-dealkylation sites (tertiary alicyclic amines) is 1. The number of anilines is 1. The lowest BCUT2D eigenvalue weighted by Crippen LogP contribution is -2.37. The molecule has 1 fully saturated rings. The van der Waals surface area contributed by atoms with Gasteiger partial charge in [-0.2, -0.15) is 0 Å². The molecule has 6 heteroatoms. The maximum atomic E-state index is 12.3. The molecule has 2 aromatic rings. The number of carbonyl (C=O) groups excluding carboxylic acids is 1. The molecular formula is C20H22N2O4. The molecular weight excluding hydrogens is 332 g/mol. The molecule has 0 aliphatic carbocycles. The number of carboxylic acids is 1. The van der Waals surface area contributed by atoms with Crippen LogP contribution in [0.25, 0.3) is 0 Å². The van der Waals surface area contributed by atoms with Crippen LogP contribution in [0, 0.1) is 12.3 Å².